The van der Waals surface area contributed by atoms with Gasteiger partial charge in [0.2, 0.25) is 0 Å². The van der Waals surface area contributed by atoms with Crippen molar-refractivity contribution in [3.63, 3.8) is 0 Å². The molecule has 0 spiro atoms. The molecule has 52 heavy (non-hydrogen) atoms. The molecule has 10 rings (SSSR count). The highest BCUT2D eigenvalue weighted by atomic mass is 16.3. The number of benzene rings is 7. The molecule has 0 radical (unpaired) electrons. The maximum Gasteiger partial charge on any atom is 0.166 e. The van der Waals surface area contributed by atoms with Gasteiger partial charge in [0.05, 0.1) is 28.4 Å². The van der Waals surface area contributed by atoms with Crippen LogP contribution in [0.25, 0.3) is 94.7 Å². The molecule has 0 N–H and O–H groups in total. The van der Waals surface area contributed by atoms with Crippen molar-refractivity contribution in [2.45, 2.75) is 0 Å². The van der Waals surface area contributed by atoms with Gasteiger partial charge in [-0.15, -0.1) is 0 Å². The highest BCUT2D eigenvalue weighted by molar-refractivity contribution is 6.11. The first kappa shape index (κ1) is 29.5. The average molecular weight is 666 g/mol. The largest absolute Gasteiger partial charge is 0.456 e. The molecule has 10 aromatic rings. The Hall–Kier alpha value is -7.36. The van der Waals surface area contributed by atoms with Gasteiger partial charge in [-0.25, -0.2) is 15.0 Å². The van der Waals surface area contributed by atoms with Gasteiger partial charge in [-0.1, -0.05) is 109 Å². The average Bonchev–Trinajstić information content (AvgIpc) is 3.76. The Bertz CT molecular complexity index is 2970. The second kappa shape index (κ2) is 11.9. The normalized spacial score (nSPS) is 11.4. The summed E-state index contributed by atoms with van der Waals surface area (Å²) in [6.07, 6.45) is 0. The zero-order chi connectivity index (χ0) is 34.6. The monoisotopic (exact) mass is 665 g/mol. The molecule has 242 valence electrons. The van der Waals surface area contributed by atoms with Gasteiger partial charge in [0.1, 0.15) is 11.2 Å². The van der Waals surface area contributed by atoms with Crippen molar-refractivity contribution in [2.24, 2.45) is 0 Å². The Morgan fingerprint density at radius 1 is 0.442 bits per heavy atom. The van der Waals surface area contributed by atoms with Gasteiger partial charge in [0, 0.05) is 38.2 Å². The first-order valence-corrected chi connectivity index (χ1v) is 17.1. The topological polar surface area (TPSA) is 80.5 Å². The van der Waals surface area contributed by atoms with Crippen LogP contribution in [0.15, 0.2) is 168 Å². The van der Waals surface area contributed by atoms with E-state index in [2.05, 4.69) is 71.3 Å². The van der Waals surface area contributed by atoms with Gasteiger partial charge in [0.15, 0.2) is 17.5 Å². The Morgan fingerprint density at radius 3 is 1.79 bits per heavy atom. The van der Waals surface area contributed by atoms with Gasteiger partial charge in [-0.2, -0.15) is 5.26 Å². The maximum absolute atomic E-state index is 10.1. The third-order valence-electron chi connectivity index (χ3n) is 9.69. The summed E-state index contributed by atoms with van der Waals surface area (Å²) in [7, 11) is 0. The number of para-hydroxylation sites is 2. The van der Waals surface area contributed by atoms with Crippen LogP contribution in [0.4, 0.5) is 0 Å². The molecular weight excluding hydrogens is 639 g/mol. The van der Waals surface area contributed by atoms with Crippen molar-refractivity contribution in [3.8, 4) is 57.0 Å². The smallest absolute Gasteiger partial charge is 0.166 e. The predicted octanol–water partition coefficient (Wildman–Crippen LogP) is 11.4. The second-order valence-electron chi connectivity index (χ2n) is 12.8. The molecule has 0 saturated carbocycles. The van der Waals surface area contributed by atoms with Crippen LogP contribution in [-0.4, -0.2) is 19.5 Å². The third-order valence-corrected chi connectivity index (χ3v) is 9.69. The van der Waals surface area contributed by atoms with Crippen molar-refractivity contribution in [2.75, 3.05) is 0 Å². The molecule has 0 fully saturated rings. The van der Waals surface area contributed by atoms with Crippen molar-refractivity contribution in [3.05, 3.63) is 169 Å². The highest BCUT2D eigenvalue weighted by Gasteiger charge is 2.20. The zero-order valence-corrected chi connectivity index (χ0v) is 27.7. The van der Waals surface area contributed by atoms with E-state index in [-0.39, 0.29) is 0 Å². The van der Waals surface area contributed by atoms with E-state index in [0.29, 0.717) is 23.0 Å². The third kappa shape index (κ3) is 4.84. The molecule has 3 aromatic heterocycles. The van der Waals surface area contributed by atoms with E-state index in [4.69, 9.17) is 19.4 Å². The minimum atomic E-state index is 0.522. The quantitative estimate of drug-likeness (QED) is 0.183. The maximum atomic E-state index is 10.1. The number of hydrogen-bond acceptors (Lipinski definition) is 5. The van der Waals surface area contributed by atoms with Crippen LogP contribution in [0.3, 0.4) is 0 Å². The second-order valence-corrected chi connectivity index (χ2v) is 12.8. The summed E-state index contributed by atoms with van der Waals surface area (Å²) in [5.41, 5.74) is 9.85. The minimum Gasteiger partial charge on any atom is -0.456 e. The molecule has 3 heterocycles. The lowest BCUT2D eigenvalue weighted by molar-refractivity contribution is 0.669. The number of nitriles is 1. The molecule has 6 nitrogen and oxygen atoms in total. The Labute approximate surface area is 298 Å². The molecule has 0 atom stereocenters. The fourth-order valence-corrected chi connectivity index (χ4v) is 7.22. The molecule has 0 aliphatic rings. The highest BCUT2D eigenvalue weighted by Crippen LogP contribution is 2.39. The summed E-state index contributed by atoms with van der Waals surface area (Å²) < 4.78 is 8.46. The zero-order valence-electron chi connectivity index (χ0n) is 27.7. The molecular formula is C46H27N5O. The fraction of sp³-hybridized carbons (Fsp3) is 0. The van der Waals surface area contributed by atoms with Gasteiger partial charge >= 0.3 is 0 Å². The van der Waals surface area contributed by atoms with Gasteiger partial charge in [-0.05, 0) is 65.7 Å². The first-order valence-electron chi connectivity index (χ1n) is 17.1. The SMILES string of the molecule is N#Cc1ccc(-c2nc(-c3ccccc3)nc(-c3ccccc3)n2)c(-n2c3ccccc3c3cc(-c4ccc5c(c4)oc4ccccc45)ccc32)c1. The molecule has 0 amide bonds. The number of aromatic nitrogens is 4. The minimum absolute atomic E-state index is 0.522. The van der Waals surface area contributed by atoms with Crippen molar-refractivity contribution in [1.82, 2.24) is 19.5 Å². The summed E-state index contributed by atoms with van der Waals surface area (Å²) in [5, 5.41) is 14.5. The van der Waals surface area contributed by atoms with Gasteiger partial charge < -0.3 is 8.98 Å². The van der Waals surface area contributed by atoms with Crippen LogP contribution in [0.5, 0.6) is 0 Å². The molecule has 0 aliphatic heterocycles. The summed E-state index contributed by atoms with van der Waals surface area (Å²) in [6, 6.07) is 57.5. The summed E-state index contributed by atoms with van der Waals surface area (Å²) in [6.45, 7) is 0. The molecule has 6 heteroatoms. The Morgan fingerprint density at radius 2 is 1.04 bits per heavy atom. The van der Waals surface area contributed by atoms with Crippen LogP contribution in [0, 0.1) is 11.3 Å². The van der Waals surface area contributed by atoms with Crippen molar-refractivity contribution < 1.29 is 4.42 Å². The lowest BCUT2D eigenvalue weighted by Crippen LogP contribution is -2.04. The van der Waals surface area contributed by atoms with Crippen LogP contribution in [0.1, 0.15) is 5.56 Å². The summed E-state index contributed by atoms with van der Waals surface area (Å²) in [5.74, 6) is 1.68. The van der Waals surface area contributed by atoms with Crippen LogP contribution in [-0.2, 0) is 0 Å². The fourth-order valence-electron chi connectivity index (χ4n) is 7.22. The van der Waals surface area contributed by atoms with Gasteiger partial charge in [-0.3, -0.25) is 0 Å². The Kier molecular flexibility index (Phi) is 6.76. The molecule has 0 unspecified atom stereocenters. The first-order chi connectivity index (χ1) is 25.7. The van der Waals surface area contributed by atoms with E-state index in [1.807, 2.05) is 103 Å². The van der Waals surface area contributed by atoms with Gasteiger partial charge in [0.25, 0.3) is 0 Å². The van der Waals surface area contributed by atoms with E-state index >= 15 is 0 Å². The van der Waals surface area contributed by atoms with E-state index in [1.165, 1.54) is 0 Å². The lowest BCUT2D eigenvalue weighted by atomic mass is 10.0. The van der Waals surface area contributed by atoms with E-state index < -0.39 is 0 Å². The number of hydrogen-bond donors (Lipinski definition) is 0. The Balaban J connectivity index is 1.19. The molecule has 0 saturated heterocycles. The number of rotatable bonds is 5. The van der Waals surface area contributed by atoms with E-state index in [1.54, 1.807) is 0 Å². The van der Waals surface area contributed by atoms with Crippen molar-refractivity contribution >= 4 is 43.7 Å². The number of fused-ring (bicyclic) bond motifs is 6. The molecule has 7 aromatic carbocycles. The summed E-state index contributed by atoms with van der Waals surface area (Å²) in [4.78, 5) is 15.0. The lowest BCUT2D eigenvalue weighted by Gasteiger charge is -2.15. The van der Waals surface area contributed by atoms with E-state index in [0.717, 1.165) is 77.2 Å². The molecule has 0 bridgehead atoms. The molecule has 0 aliphatic carbocycles. The number of nitrogens with zero attached hydrogens (tertiary/aromatic N) is 5. The summed E-state index contributed by atoms with van der Waals surface area (Å²) >= 11 is 0. The predicted molar refractivity (Wildman–Crippen MR) is 208 cm³/mol. The standard InChI is InChI=1S/C46H27N5O/c47-28-29-19-22-37(46-49-44(30-11-3-1-4-12-30)48-45(50-46)31-13-5-2-6-14-31)41(25-29)51-39-17-9-7-15-34(39)38-26-32(21-24-40(38)51)33-20-23-36-35-16-8-10-18-42(35)52-43(36)27-33/h1-27H. The van der Waals surface area contributed by atoms with Crippen LogP contribution in [0.2, 0.25) is 0 Å². The number of furan rings is 1. The van der Waals surface area contributed by atoms with Crippen LogP contribution < -0.4 is 0 Å². The van der Waals surface area contributed by atoms with E-state index in [9.17, 15) is 5.26 Å². The van der Waals surface area contributed by atoms with Crippen LogP contribution >= 0.6 is 0 Å². The van der Waals surface area contributed by atoms with Crippen molar-refractivity contribution in [1.29, 1.82) is 5.26 Å².